The highest BCUT2D eigenvalue weighted by atomic mass is 16.3. The first-order valence-corrected chi connectivity index (χ1v) is 3.78. The summed E-state index contributed by atoms with van der Waals surface area (Å²) in [7, 11) is 0. The largest absolute Gasteiger partial charge is 0.392 e. The average Bonchev–Trinajstić information content (AvgIpc) is 2.34. The molecule has 0 aromatic rings. The Balaban J connectivity index is 2.36. The third-order valence-electron chi connectivity index (χ3n) is 2.11. The molecule has 0 radical (unpaired) electrons. The van der Waals surface area contributed by atoms with Crippen molar-refractivity contribution >= 4 is 0 Å². The molecule has 2 atom stereocenters. The first kappa shape index (κ1) is 7.76. The molecule has 0 spiro atoms. The molecule has 0 saturated carbocycles. The van der Waals surface area contributed by atoms with Crippen LogP contribution in [0.25, 0.3) is 0 Å². The van der Waals surface area contributed by atoms with Gasteiger partial charge in [0, 0.05) is 19.1 Å². The van der Waals surface area contributed by atoms with E-state index in [1.54, 1.807) is 0 Å². The maximum Gasteiger partial charge on any atom is 0.0679 e. The molecular weight excluding hydrogens is 126 g/mol. The van der Waals surface area contributed by atoms with Gasteiger partial charge in [0.1, 0.15) is 0 Å². The number of aliphatic hydroxyl groups is 1. The first-order valence-electron chi connectivity index (χ1n) is 3.78. The van der Waals surface area contributed by atoms with Gasteiger partial charge < -0.3 is 5.11 Å². The van der Waals surface area contributed by atoms with Gasteiger partial charge in [0.05, 0.1) is 6.10 Å². The number of hydrogen-bond donors (Lipinski definition) is 1. The Morgan fingerprint density at radius 1 is 1.80 bits per heavy atom. The predicted octanol–water partition coefficient (Wildman–Crippen LogP) is 0.627. The van der Waals surface area contributed by atoms with Gasteiger partial charge in [-0.15, -0.1) is 6.58 Å². The minimum absolute atomic E-state index is 0.109. The fraction of sp³-hybridized carbons (Fsp3) is 0.750. The van der Waals surface area contributed by atoms with Gasteiger partial charge >= 0.3 is 0 Å². The summed E-state index contributed by atoms with van der Waals surface area (Å²) < 4.78 is 0. The Labute approximate surface area is 62.2 Å². The minimum Gasteiger partial charge on any atom is -0.392 e. The summed E-state index contributed by atoms with van der Waals surface area (Å²) in [6, 6.07) is 0.414. The zero-order valence-corrected chi connectivity index (χ0v) is 6.45. The van der Waals surface area contributed by atoms with Crippen molar-refractivity contribution in [2.24, 2.45) is 0 Å². The van der Waals surface area contributed by atoms with Crippen LogP contribution in [0, 0.1) is 0 Å². The number of β-amino-alcohol motifs (C(OH)–C–C–N with tert-alkyl or cyclic N) is 1. The molecule has 2 heteroatoms. The fourth-order valence-corrected chi connectivity index (χ4v) is 1.29. The van der Waals surface area contributed by atoms with Crippen molar-refractivity contribution in [1.82, 2.24) is 4.90 Å². The number of nitrogens with zero attached hydrogens (tertiary/aromatic N) is 1. The molecule has 1 unspecified atom stereocenters. The normalized spacial score (nSPS) is 30.4. The molecule has 1 saturated heterocycles. The maximum atomic E-state index is 9.17. The molecule has 1 rings (SSSR count). The molecule has 1 heterocycles. The summed E-state index contributed by atoms with van der Waals surface area (Å²) in [6.07, 6.45) is 2.72. The van der Waals surface area contributed by atoms with Gasteiger partial charge in [-0.1, -0.05) is 6.08 Å². The van der Waals surface area contributed by atoms with Crippen molar-refractivity contribution in [1.29, 1.82) is 0 Å². The van der Waals surface area contributed by atoms with Crippen LogP contribution in [0.4, 0.5) is 0 Å². The van der Waals surface area contributed by atoms with E-state index in [1.165, 1.54) is 0 Å². The molecule has 0 bridgehead atoms. The van der Waals surface area contributed by atoms with Gasteiger partial charge in [-0.3, -0.25) is 4.90 Å². The van der Waals surface area contributed by atoms with E-state index >= 15 is 0 Å². The van der Waals surface area contributed by atoms with Crippen LogP contribution in [0.15, 0.2) is 12.7 Å². The lowest BCUT2D eigenvalue weighted by Crippen LogP contribution is -2.29. The van der Waals surface area contributed by atoms with Crippen molar-refractivity contribution in [2.45, 2.75) is 25.5 Å². The summed E-state index contributed by atoms with van der Waals surface area (Å²) in [4.78, 5) is 2.23. The smallest absolute Gasteiger partial charge is 0.0679 e. The van der Waals surface area contributed by atoms with Gasteiger partial charge in [0.15, 0.2) is 0 Å². The van der Waals surface area contributed by atoms with Gasteiger partial charge in [0.25, 0.3) is 0 Å². The van der Waals surface area contributed by atoms with E-state index < -0.39 is 0 Å². The minimum atomic E-state index is -0.109. The second kappa shape index (κ2) is 3.17. The van der Waals surface area contributed by atoms with Crippen molar-refractivity contribution in [3.8, 4) is 0 Å². The molecule has 0 aromatic carbocycles. The van der Waals surface area contributed by atoms with E-state index in [9.17, 15) is 0 Å². The molecule has 0 amide bonds. The maximum absolute atomic E-state index is 9.17. The summed E-state index contributed by atoms with van der Waals surface area (Å²) in [5.74, 6) is 0. The van der Waals surface area contributed by atoms with Crippen molar-refractivity contribution in [3.05, 3.63) is 12.7 Å². The van der Waals surface area contributed by atoms with Gasteiger partial charge in [0.2, 0.25) is 0 Å². The highest BCUT2D eigenvalue weighted by Gasteiger charge is 2.22. The summed E-state index contributed by atoms with van der Waals surface area (Å²) in [6.45, 7) is 7.63. The van der Waals surface area contributed by atoms with Crippen molar-refractivity contribution in [3.63, 3.8) is 0 Å². The van der Waals surface area contributed by atoms with Crippen LogP contribution >= 0.6 is 0 Å². The van der Waals surface area contributed by atoms with E-state index in [0.29, 0.717) is 6.04 Å². The second-order valence-corrected chi connectivity index (χ2v) is 2.91. The van der Waals surface area contributed by atoms with Gasteiger partial charge in [-0.2, -0.15) is 0 Å². The van der Waals surface area contributed by atoms with Crippen molar-refractivity contribution in [2.75, 3.05) is 13.1 Å². The Hall–Kier alpha value is -0.340. The van der Waals surface area contributed by atoms with E-state index in [0.717, 1.165) is 19.5 Å². The van der Waals surface area contributed by atoms with Crippen LogP contribution in [0.3, 0.4) is 0 Å². The lowest BCUT2D eigenvalue weighted by Gasteiger charge is -2.19. The monoisotopic (exact) mass is 141 g/mol. The second-order valence-electron chi connectivity index (χ2n) is 2.91. The molecule has 1 fully saturated rings. The van der Waals surface area contributed by atoms with Crippen LogP contribution in [-0.4, -0.2) is 35.2 Å². The highest BCUT2D eigenvalue weighted by molar-refractivity contribution is 4.88. The van der Waals surface area contributed by atoms with E-state index in [-0.39, 0.29) is 6.10 Å². The van der Waals surface area contributed by atoms with Gasteiger partial charge in [-0.25, -0.2) is 0 Å². The molecule has 1 aliphatic rings. The number of aliphatic hydroxyl groups excluding tert-OH is 1. The van der Waals surface area contributed by atoms with Gasteiger partial charge in [-0.05, 0) is 13.3 Å². The number of likely N-dealkylation sites (tertiary alicyclic amines) is 1. The van der Waals surface area contributed by atoms with E-state index in [1.807, 2.05) is 6.08 Å². The average molecular weight is 141 g/mol. The topological polar surface area (TPSA) is 23.5 Å². The summed E-state index contributed by atoms with van der Waals surface area (Å²) >= 11 is 0. The molecule has 2 nitrogen and oxygen atoms in total. The van der Waals surface area contributed by atoms with E-state index in [4.69, 9.17) is 5.11 Å². The Morgan fingerprint density at radius 3 is 2.90 bits per heavy atom. The highest BCUT2D eigenvalue weighted by Crippen LogP contribution is 2.12. The zero-order valence-electron chi connectivity index (χ0n) is 6.45. The summed E-state index contributed by atoms with van der Waals surface area (Å²) in [5, 5.41) is 9.17. The van der Waals surface area contributed by atoms with Crippen LogP contribution in [-0.2, 0) is 0 Å². The Kier molecular flexibility index (Phi) is 2.46. The number of rotatable bonds is 2. The number of hydrogen-bond acceptors (Lipinski definition) is 2. The molecular formula is C8H15NO. The first-order chi connectivity index (χ1) is 4.74. The quantitative estimate of drug-likeness (QED) is 0.570. The Bertz CT molecular complexity index is 124. The molecule has 0 aliphatic carbocycles. The summed E-state index contributed by atoms with van der Waals surface area (Å²) in [5.41, 5.74) is 0. The SMILES string of the molecule is C=CC(C)N1CC[C@@H](O)C1. The lowest BCUT2D eigenvalue weighted by molar-refractivity contribution is 0.170. The molecule has 0 aromatic heterocycles. The van der Waals surface area contributed by atoms with Crippen LogP contribution in [0.5, 0.6) is 0 Å². The third kappa shape index (κ3) is 1.58. The standard InChI is InChI=1S/C8H15NO/c1-3-7(2)9-5-4-8(10)6-9/h3,7-8,10H,1,4-6H2,2H3/t7?,8-/m1/s1. The van der Waals surface area contributed by atoms with Crippen LogP contribution < -0.4 is 0 Å². The predicted molar refractivity (Wildman–Crippen MR) is 41.9 cm³/mol. The zero-order chi connectivity index (χ0) is 7.56. The molecule has 10 heavy (non-hydrogen) atoms. The van der Waals surface area contributed by atoms with Crippen molar-refractivity contribution < 1.29 is 5.11 Å². The van der Waals surface area contributed by atoms with Crippen LogP contribution in [0.2, 0.25) is 0 Å². The lowest BCUT2D eigenvalue weighted by atomic mass is 10.3. The Morgan fingerprint density at radius 2 is 2.50 bits per heavy atom. The molecule has 1 N–H and O–H groups in total. The third-order valence-corrected chi connectivity index (χ3v) is 2.11. The molecule has 1 aliphatic heterocycles. The van der Waals surface area contributed by atoms with Crippen LogP contribution in [0.1, 0.15) is 13.3 Å². The fourth-order valence-electron chi connectivity index (χ4n) is 1.29. The molecule has 58 valence electrons. The van der Waals surface area contributed by atoms with E-state index in [2.05, 4.69) is 18.4 Å².